The van der Waals surface area contributed by atoms with Gasteiger partial charge in [-0.25, -0.2) is 0 Å². The van der Waals surface area contributed by atoms with Crippen molar-refractivity contribution in [1.29, 1.82) is 0 Å². The van der Waals surface area contributed by atoms with Gasteiger partial charge in [0, 0.05) is 4.86 Å². The van der Waals surface area contributed by atoms with Crippen LogP contribution in [0.4, 0.5) is 0 Å². The van der Waals surface area contributed by atoms with Gasteiger partial charge in [-0.2, -0.15) is 0 Å². The van der Waals surface area contributed by atoms with E-state index in [1.807, 2.05) is 19.1 Å². The molecule has 0 radical (unpaired) electrons. The number of thiocarbonyl (C=S) groups is 1. The van der Waals surface area contributed by atoms with Crippen molar-refractivity contribution in [3.63, 3.8) is 0 Å². The zero-order valence-corrected chi connectivity index (χ0v) is 12.2. The molecule has 0 bridgehead atoms. The number of aryl methyl sites for hydroxylation is 1. The molecule has 0 atom stereocenters. The second-order valence-corrected chi connectivity index (χ2v) is 3.32. The van der Waals surface area contributed by atoms with Crippen molar-refractivity contribution in [2.45, 2.75) is 20.3 Å². The second-order valence-electron chi connectivity index (χ2n) is 2.70. The van der Waals surface area contributed by atoms with Crippen LogP contribution in [-0.4, -0.2) is 4.86 Å². The Kier molecular flexibility index (Phi) is 6.63. The Morgan fingerprint density at radius 1 is 1.46 bits per heavy atom. The third-order valence-corrected chi connectivity index (χ3v) is 2.08. The van der Waals surface area contributed by atoms with Crippen molar-refractivity contribution in [3.8, 4) is 5.75 Å². The molecule has 0 heterocycles. The van der Waals surface area contributed by atoms with E-state index in [0.717, 1.165) is 12.0 Å². The predicted octanol–water partition coefficient (Wildman–Crippen LogP) is -0.935. The number of para-hydroxylation sites is 1. The minimum absolute atomic E-state index is 0. The molecule has 1 nitrogen and oxygen atoms in total. The molecule has 3 heteroatoms. The minimum atomic E-state index is 0. The van der Waals surface area contributed by atoms with E-state index in [1.165, 1.54) is 0 Å². The fourth-order valence-electron chi connectivity index (χ4n) is 1.14. The fraction of sp³-hybridized carbons (Fsp3) is 0.300. The Labute approximate surface area is 127 Å². The number of benzene rings is 1. The minimum Gasteiger partial charge on any atom is -0.872 e. The van der Waals surface area contributed by atoms with Crippen LogP contribution in [0, 0.1) is 0 Å². The molecule has 1 aromatic carbocycles. The first-order valence-electron chi connectivity index (χ1n) is 3.96. The van der Waals surface area contributed by atoms with Crippen molar-refractivity contribution < 1.29 is 56.5 Å². The molecule has 0 saturated heterocycles. The summed E-state index contributed by atoms with van der Waals surface area (Å²) in [4.78, 5) is 0.676. The molecule has 0 unspecified atom stereocenters. The average molecular weight is 218 g/mol. The molecule has 0 amide bonds. The maximum Gasteiger partial charge on any atom is 1.00 e. The molecule has 1 rings (SSSR count). The fourth-order valence-corrected chi connectivity index (χ4v) is 1.30. The SMILES string of the molecule is CCc1cccc(C(C)=S)c1[O-].[K+]. The average Bonchev–Trinajstić information content (AvgIpc) is 2.04. The van der Waals surface area contributed by atoms with Gasteiger partial charge in [-0.3, -0.25) is 0 Å². The summed E-state index contributed by atoms with van der Waals surface area (Å²) in [5, 5.41) is 11.6. The Bertz CT molecular complexity index is 310. The summed E-state index contributed by atoms with van der Waals surface area (Å²) in [6, 6.07) is 5.51. The van der Waals surface area contributed by atoms with Crippen LogP contribution in [0.2, 0.25) is 0 Å². The zero-order chi connectivity index (χ0) is 9.14. The van der Waals surface area contributed by atoms with Crippen LogP contribution < -0.4 is 56.5 Å². The molecule has 13 heavy (non-hydrogen) atoms. The van der Waals surface area contributed by atoms with Gasteiger partial charge in [-0.05, 0) is 18.9 Å². The van der Waals surface area contributed by atoms with Crippen molar-refractivity contribution in [1.82, 2.24) is 0 Å². The van der Waals surface area contributed by atoms with Gasteiger partial charge < -0.3 is 5.11 Å². The van der Waals surface area contributed by atoms with Gasteiger partial charge in [0.05, 0.1) is 0 Å². The van der Waals surface area contributed by atoms with Gasteiger partial charge in [0.15, 0.2) is 0 Å². The molecule has 0 aliphatic carbocycles. The van der Waals surface area contributed by atoms with Crippen molar-refractivity contribution >= 4 is 17.1 Å². The van der Waals surface area contributed by atoms with Gasteiger partial charge in [0.25, 0.3) is 0 Å². The van der Waals surface area contributed by atoms with Crippen molar-refractivity contribution in [2.75, 3.05) is 0 Å². The van der Waals surface area contributed by atoms with Crippen LogP contribution >= 0.6 is 12.2 Å². The summed E-state index contributed by atoms with van der Waals surface area (Å²) >= 11 is 4.96. The molecule has 0 aromatic heterocycles. The Hall–Kier alpha value is 0.746. The molecule has 0 aliphatic heterocycles. The molecule has 0 saturated carbocycles. The summed E-state index contributed by atoms with van der Waals surface area (Å²) in [6.45, 7) is 3.75. The summed E-state index contributed by atoms with van der Waals surface area (Å²) in [7, 11) is 0. The van der Waals surface area contributed by atoms with E-state index in [4.69, 9.17) is 12.2 Å². The number of hydrogen-bond acceptors (Lipinski definition) is 2. The van der Waals surface area contributed by atoms with Gasteiger partial charge in [0.1, 0.15) is 0 Å². The quantitative estimate of drug-likeness (QED) is 0.363. The first-order valence-corrected chi connectivity index (χ1v) is 4.37. The molecule has 0 fully saturated rings. The summed E-state index contributed by atoms with van der Waals surface area (Å²) in [5.74, 6) is 0.0903. The topological polar surface area (TPSA) is 23.1 Å². The summed E-state index contributed by atoms with van der Waals surface area (Å²) in [6.07, 6.45) is 0.773. The van der Waals surface area contributed by atoms with Gasteiger partial charge >= 0.3 is 51.4 Å². The molecule has 64 valence electrons. The molecule has 0 aliphatic rings. The second kappa shape index (κ2) is 6.27. The van der Waals surface area contributed by atoms with Crippen LogP contribution in [0.5, 0.6) is 5.75 Å². The van der Waals surface area contributed by atoms with Crippen LogP contribution in [0.3, 0.4) is 0 Å². The first-order chi connectivity index (χ1) is 5.66. The maximum absolute atomic E-state index is 11.6. The third kappa shape index (κ3) is 3.42. The number of rotatable bonds is 2. The van der Waals surface area contributed by atoms with Crippen LogP contribution in [0.15, 0.2) is 18.2 Å². The van der Waals surface area contributed by atoms with E-state index in [1.54, 1.807) is 13.0 Å². The third-order valence-electron chi connectivity index (χ3n) is 1.86. The molecular formula is C10H11KOS. The Morgan fingerprint density at radius 2 is 2.08 bits per heavy atom. The first kappa shape index (κ1) is 13.7. The smallest absolute Gasteiger partial charge is 0.872 e. The normalized spacial score (nSPS) is 9.08. The van der Waals surface area contributed by atoms with E-state index in [9.17, 15) is 5.11 Å². The predicted molar refractivity (Wildman–Crippen MR) is 52.6 cm³/mol. The molecular weight excluding hydrogens is 207 g/mol. The summed E-state index contributed by atoms with van der Waals surface area (Å²) < 4.78 is 0. The van der Waals surface area contributed by atoms with Gasteiger partial charge in [0.2, 0.25) is 0 Å². The molecule has 1 aromatic rings. The maximum atomic E-state index is 11.6. The monoisotopic (exact) mass is 218 g/mol. The molecule has 0 spiro atoms. The summed E-state index contributed by atoms with van der Waals surface area (Å²) in [5.41, 5.74) is 1.51. The van der Waals surface area contributed by atoms with E-state index < -0.39 is 0 Å². The Morgan fingerprint density at radius 3 is 2.54 bits per heavy atom. The van der Waals surface area contributed by atoms with Crippen molar-refractivity contribution in [2.24, 2.45) is 0 Å². The van der Waals surface area contributed by atoms with Crippen molar-refractivity contribution in [3.05, 3.63) is 29.3 Å². The van der Waals surface area contributed by atoms with E-state index in [2.05, 4.69) is 0 Å². The van der Waals surface area contributed by atoms with Crippen LogP contribution in [-0.2, 0) is 6.42 Å². The van der Waals surface area contributed by atoms with Gasteiger partial charge in [-0.15, -0.1) is 0 Å². The van der Waals surface area contributed by atoms with Crippen LogP contribution in [0.1, 0.15) is 25.0 Å². The zero-order valence-electron chi connectivity index (χ0n) is 8.26. The van der Waals surface area contributed by atoms with E-state index in [-0.39, 0.29) is 57.1 Å². The number of hydrogen-bond donors (Lipinski definition) is 0. The standard InChI is InChI=1S/C10H12OS.K/c1-3-8-5-4-6-9(7(2)12)10(8)11;/h4-6,11H,3H2,1-2H3;/q;+1/p-1. The molecule has 0 N–H and O–H groups in total. The van der Waals surface area contributed by atoms with E-state index >= 15 is 0 Å². The Balaban J connectivity index is 0.00000144. The largest absolute Gasteiger partial charge is 1.00 e. The van der Waals surface area contributed by atoms with E-state index in [0.29, 0.717) is 10.4 Å². The van der Waals surface area contributed by atoms with Crippen LogP contribution in [0.25, 0.3) is 0 Å². The van der Waals surface area contributed by atoms with Gasteiger partial charge in [-0.1, -0.05) is 48.7 Å².